The van der Waals surface area contributed by atoms with Crippen molar-refractivity contribution in [2.24, 2.45) is 0 Å². The lowest BCUT2D eigenvalue weighted by atomic mass is 10.1. The van der Waals surface area contributed by atoms with E-state index in [0.29, 0.717) is 19.3 Å². The lowest BCUT2D eigenvalue weighted by Gasteiger charge is -2.18. The smallest absolute Gasteiger partial charge is 0.306 e. The fraction of sp³-hybridized carbons (Fsp3) is 0.735. The fourth-order valence-corrected chi connectivity index (χ4v) is 5.94. The van der Waals surface area contributed by atoms with Gasteiger partial charge in [-0.2, -0.15) is 0 Å². The van der Waals surface area contributed by atoms with Crippen LogP contribution in [0.3, 0.4) is 0 Å². The molecule has 0 N–H and O–H groups in total. The van der Waals surface area contributed by atoms with E-state index in [1.807, 2.05) is 0 Å². The van der Waals surface area contributed by atoms with Crippen LogP contribution in [0.25, 0.3) is 0 Å². The Morgan fingerprint density at radius 3 is 1.13 bits per heavy atom. The van der Waals surface area contributed by atoms with Crippen LogP contribution < -0.4 is 0 Å². The molecule has 0 spiro atoms. The molecule has 0 rings (SSSR count). The van der Waals surface area contributed by atoms with Crippen molar-refractivity contribution in [2.45, 2.75) is 219 Å². The molecule has 316 valence electrons. The van der Waals surface area contributed by atoms with Crippen LogP contribution in [-0.2, 0) is 28.6 Å². The summed E-state index contributed by atoms with van der Waals surface area (Å²) in [6.45, 7) is 6.46. The lowest BCUT2D eigenvalue weighted by molar-refractivity contribution is -0.167. The molecular formula is C49H84O6. The fourth-order valence-electron chi connectivity index (χ4n) is 5.94. The van der Waals surface area contributed by atoms with E-state index in [1.54, 1.807) is 0 Å². The van der Waals surface area contributed by atoms with Crippen molar-refractivity contribution >= 4 is 17.9 Å². The third kappa shape index (κ3) is 42.1. The molecule has 6 heteroatoms. The molecule has 0 fully saturated rings. The van der Waals surface area contributed by atoms with E-state index in [1.165, 1.54) is 89.9 Å². The Hall–Kier alpha value is -2.89. The van der Waals surface area contributed by atoms with Crippen LogP contribution >= 0.6 is 0 Å². The van der Waals surface area contributed by atoms with Gasteiger partial charge in [0.25, 0.3) is 0 Å². The average Bonchev–Trinajstić information content (AvgIpc) is 3.18. The van der Waals surface area contributed by atoms with Gasteiger partial charge < -0.3 is 14.2 Å². The van der Waals surface area contributed by atoms with Crippen molar-refractivity contribution in [3.8, 4) is 0 Å². The number of rotatable bonds is 40. The molecule has 0 saturated heterocycles. The number of allylic oxidation sites excluding steroid dienone is 10. The van der Waals surface area contributed by atoms with Crippen molar-refractivity contribution < 1.29 is 28.6 Å². The van der Waals surface area contributed by atoms with Crippen molar-refractivity contribution in [3.63, 3.8) is 0 Å². The molecule has 0 atom stereocenters. The van der Waals surface area contributed by atoms with Gasteiger partial charge >= 0.3 is 17.9 Å². The van der Waals surface area contributed by atoms with Crippen molar-refractivity contribution in [3.05, 3.63) is 60.8 Å². The van der Waals surface area contributed by atoms with Crippen LogP contribution in [0, 0.1) is 0 Å². The van der Waals surface area contributed by atoms with Gasteiger partial charge in [-0.15, -0.1) is 0 Å². The summed E-state index contributed by atoms with van der Waals surface area (Å²) in [5.74, 6) is -0.960. The van der Waals surface area contributed by atoms with Gasteiger partial charge in [0.1, 0.15) is 13.2 Å². The maximum atomic E-state index is 12.7. The Morgan fingerprint density at radius 1 is 0.364 bits per heavy atom. The zero-order chi connectivity index (χ0) is 40.1. The Kier molecular flexibility index (Phi) is 41.5. The van der Waals surface area contributed by atoms with Crippen molar-refractivity contribution in [2.75, 3.05) is 13.2 Å². The maximum absolute atomic E-state index is 12.7. The molecule has 0 heterocycles. The molecule has 0 amide bonds. The molecule has 0 bridgehead atoms. The number of carbonyl (C=O) groups is 3. The summed E-state index contributed by atoms with van der Waals surface area (Å²) in [5.41, 5.74) is 0. The molecule has 0 aromatic carbocycles. The summed E-state index contributed by atoms with van der Waals surface area (Å²) in [6, 6.07) is 0. The molecule has 0 unspecified atom stereocenters. The third-order valence-corrected chi connectivity index (χ3v) is 9.46. The van der Waals surface area contributed by atoms with Gasteiger partial charge in [-0.25, -0.2) is 0 Å². The van der Waals surface area contributed by atoms with Crippen LogP contribution in [0.1, 0.15) is 213 Å². The number of esters is 3. The summed E-state index contributed by atoms with van der Waals surface area (Å²) in [6.07, 6.45) is 52.0. The number of unbranched alkanes of at least 4 members (excludes halogenated alkanes) is 19. The second-order valence-electron chi connectivity index (χ2n) is 14.9. The van der Waals surface area contributed by atoms with E-state index in [9.17, 15) is 14.4 Å². The summed E-state index contributed by atoms with van der Waals surface area (Å²) in [4.78, 5) is 37.7. The van der Waals surface area contributed by atoms with Gasteiger partial charge in [-0.1, -0.05) is 159 Å². The second-order valence-corrected chi connectivity index (χ2v) is 14.9. The third-order valence-electron chi connectivity index (χ3n) is 9.46. The topological polar surface area (TPSA) is 78.9 Å². The van der Waals surface area contributed by atoms with E-state index >= 15 is 0 Å². The highest BCUT2D eigenvalue weighted by Crippen LogP contribution is 2.12. The molecular weight excluding hydrogens is 685 g/mol. The zero-order valence-corrected chi connectivity index (χ0v) is 35.9. The van der Waals surface area contributed by atoms with E-state index < -0.39 is 6.10 Å². The number of carbonyl (C=O) groups excluding carboxylic acids is 3. The van der Waals surface area contributed by atoms with Crippen LogP contribution in [-0.4, -0.2) is 37.2 Å². The maximum Gasteiger partial charge on any atom is 0.306 e. The van der Waals surface area contributed by atoms with Crippen LogP contribution in [0.4, 0.5) is 0 Å². The summed E-state index contributed by atoms with van der Waals surface area (Å²) >= 11 is 0. The molecule has 6 nitrogen and oxygen atoms in total. The van der Waals surface area contributed by atoms with Gasteiger partial charge in [0.2, 0.25) is 0 Å². The highest BCUT2D eigenvalue weighted by atomic mass is 16.6. The van der Waals surface area contributed by atoms with Gasteiger partial charge in [-0.05, 0) is 96.3 Å². The first-order valence-corrected chi connectivity index (χ1v) is 22.8. The predicted molar refractivity (Wildman–Crippen MR) is 233 cm³/mol. The Morgan fingerprint density at radius 2 is 0.673 bits per heavy atom. The Balaban J connectivity index is 4.48. The Bertz CT molecular complexity index is 974. The molecule has 0 aliphatic rings. The first kappa shape index (κ1) is 52.1. The zero-order valence-electron chi connectivity index (χ0n) is 35.9. The second kappa shape index (κ2) is 43.8. The molecule has 0 aliphatic carbocycles. The van der Waals surface area contributed by atoms with Gasteiger partial charge in [0, 0.05) is 19.3 Å². The van der Waals surface area contributed by atoms with Crippen LogP contribution in [0.2, 0.25) is 0 Å². The molecule has 0 aromatic heterocycles. The monoisotopic (exact) mass is 769 g/mol. The van der Waals surface area contributed by atoms with E-state index in [2.05, 4.69) is 81.5 Å². The molecule has 55 heavy (non-hydrogen) atoms. The largest absolute Gasteiger partial charge is 0.462 e. The molecule has 0 radical (unpaired) electrons. The van der Waals surface area contributed by atoms with Crippen LogP contribution in [0.15, 0.2) is 60.8 Å². The number of hydrogen-bond acceptors (Lipinski definition) is 6. The minimum absolute atomic E-state index is 0.0972. The quantitative estimate of drug-likeness (QED) is 0.0267. The van der Waals surface area contributed by atoms with Gasteiger partial charge in [0.05, 0.1) is 0 Å². The number of ether oxygens (including phenoxy) is 3. The van der Waals surface area contributed by atoms with E-state index in [-0.39, 0.29) is 37.5 Å². The van der Waals surface area contributed by atoms with Crippen LogP contribution in [0.5, 0.6) is 0 Å². The highest BCUT2D eigenvalue weighted by molar-refractivity contribution is 5.71. The number of hydrogen-bond donors (Lipinski definition) is 0. The van der Waals surface area contributed by atoms with E-state index in [0.717, 1.165) is 77.0 Å². The van der Waals surface area contributed by atoms with Gasteiger partial charge in [0.15, 0.2) is 6.10 Å². The molecule has 0 aromatic rings. The average molecular weight is 769 g/mol. The van der Waals surface area contributed by atoms with Gasteiger partial charge in [-0.3, -0.25) is 14.4 Å². The summed E-state index contributed by atoms with van der Waals surface area (Å²) in [7, 11) is 0. The summed E-state index contributed by atoms with van der Waals surface area (Å²) in [5, 5.41) is 0. The molecule has 0 saturated carbocycles. The standard InChI is InChI=1S/C49H84O6/c1-4-7-10-13-16-19-22-23-24-25-28-31-34-37-40-43-49(52)55-46(44-53-47(50)41-38-35-32-29-26-20-17-14-11-8-5-2)45-54-48(51)42-39-36-33-30-27-21-18-15-12-9-6-3/h14-19,23-24,28,31,46H,4-13,20-22,25-27,29-30,32-45H2,1-3H3/b17-14-,18-15-,19-16-,24-23-,31-28-. The summed E-state index contributed by atoms with van der Waals surface area (Å²) < 4.78 is 16.6. The van der Waals surface area contributed by atoms with Crippen molar-refractivity contribution in [1.29, 1.82) is 0 Å². The minimum atomic E-state index is -0.797. The van der Waals surface area contributed by atoms with Crippen molar-refractivity contribution in [1.82, 2.24) is 0 Å². The first-order valence-electron chi connectivity index (χ1n) is 22.8. The highest BCUT2D eigenvalue weighted by Gasteiger charge is 2.19. The molecule has 0 aliphatic heterocycles. The Labute approximate surface area is 339 Å². The normalized spacial score (nSPS) is 12.1. The predicted octanol–water partition coefficient (Wildman–Crippen LogP) is 14.5. The SMILES string of the molecule is CCCC/C=C\CCCCCCCC(=O)OCC(COC(=O)CCCCCCC/C=C\CCCC)OC(=O)CCCC/C=C\C/C=C\C/C=C\CCCCC. The lowest BCUT2D eigenvalue weighted by Crippen LogP contribution is -2.30. The minimum Gasteiger partial charge on any atom is -0.462 e. The first-order chi connectivity index (χ1) is 27.0. The van der Waals surface area contributed by atoms with E-state index in [4.69, 9.17) is 14.2 Å².